The lowest BCUT2D eigenvalue weighted by molar-refractivity contribution is -0.148. The Hall–Kier alpha value is -2.17. The first kappa shape index (κ1) is 18.2. The number of imide groups is 1. The molecular weight excluding hydrogens is 306 g/mol. The molecule has 5 nitrogen and oxygen atoms in total. The van der Waals surface area contributed by atoms with Crippen LogP contribution in [0, 0.1) is 5.92 Å². The smallest absolute Gasteiger partial charge is 0.308 e. The number of ether oxygens (including phenoxy) is 1. The highest BCUT2D eigenvalue weighted by Crippen LogP contribution is 2.23. The zero-order chi connectivity index (χ0) is 17.5. The Morgan fingerprint density at radius 2 is 1.67 bits per heavy atom. The number of nitrogens with zero attached hydrogens (tertiary/aromatic N) is 1. The molecule has 1 aromatic rings. The van der Waals surface area contributed by atoms with Crippen LogP contribution in [0.15, 0.2) is 24.3 Å². The summed E-state index contributed by atoms with van der Waals surface area (Å²) in [4.78, 5) is 37.5. The van der Waals surface area contributed by atoms with Gasteiger partial charge in [0.25, 0.3) is 11.8 Å². The van der Waals surface area contributed by atoms with E-state index in [9.17, 15) is 14.4 Å². The monoisotopic (exact) mass is 331 g/mol. The largest absolute Gasteiger partial charge is 0.466 e. The van der Waals surface area contributed by atoms with Gasteiger partial charge in [0, 0.05) is 6.54 Å². The van der Waals surface area contributed by atoms with Crippen LogP contribution in [0.4, 0.5) is 0 Å². The number of unbranched alkanes of at least 4 members (excludes halogenated alkanes) is 2. The molecule has 24 heavy (non-hydrogen) atoms. The quantitative estimate of drug-likeness (QED) is 0.395. The fourth-order valence-electron chi connectivity index (χ4n) is 3.03. The summed E-state index contributed by atoms with van der Waals surface area (Å²) >= 11 is 0. The first-order valence-electron chi connectivity index (χ1n) is 8.72. The Morgan fingerprint density at radius 1 is 1.04 bits per heavy atom. The van der Waals surface area contributed by atoms with E-state index in [1.165, 1.54) is 4.90 Å². The van der Waals surface area contributed by atoms with E-state index < -0.39 is 0 Å². The minimum absolute atomic E-state index is 0.0516. The summed E-state index contributed by atoms with van der Waals surface area (Å²) in [5.74, 6) is -0.577. The van der Waals surface area contributed by atoms with E-state index in [0.717, 1.165) is 32.1 Å². The van der Waals surface area contributed by atoms with Gasteiger partial charge in [-0.25, -0.2) is 0 Å². The van der Waals surface area contributed by atoms with E-state index in [2.05, 4.69) is 0 Å². The Labute approximate surface area is 143 Å². The fourth-order valence-corrected chi connectivity index (χ4v) is 3.03. The van der Waals surface area contributed by atoms with Crippen LogP contribution in [-0.4, -0.2) is 35.8 Å². The van der Waals surface area contributed by atoms with Crippen molar-refractivity contribution in [3.05, 3.63) is 35.4 Å². The van der Waals surface area contributed by atoms with Crippen LogP contribution in [0.2, 0.25) is 0 Å². The van der Waals surface area contributed by atoms with Crippen LogP contribution in [-0.2, 0) is 9.53 Å². The zero-order valence-corrected chi connectivity index (χ0v) is 14.4. The summed E-state index contributed by atoms with van der Waals surface area (Å²) in [6.07, 6.45) is 4.09. The van der Waals surface area contributed by atoms with Gasteiger partial charge < -0.3 is 4.74 Å². The van der Waals surface area contributed by atoms with Gasteiger partial charge in [-0.15, -0.1) is 0 Å². The fraction of sp³-hybridized carbons (Fsp3) is 0.526. The molecule has 1 unspecified atom stereocenters. The van der Waals surface area contributed by atoms with Gasteiger partial charge in [-0.2, -0.15) is 0 Å². The minimum Gasteiger partial charge on any atom is -0.466 e. The summed E-state index contributed by atoms with van der Waals surface area (Å²) in [7, 11) is 0. The molecule has 0 saturated heterocycles. The van der Waals surface area contributed by atoms with E-state index in [4.69, 9.17) is 4.74 Å². The topological polar surface area (TPSA) is 63.7 Å². The summed E-state index contributed by atoms with van der Waals surface area (Å²) < 4.78 is 5.06. The summed E-state index contributed by atoms with van der Waals surface area (Å²) in [5.41, 5.74) is 0.992. The molecule has 5 heteroatoms. The van der Waals surface area contributed by atoms with Gasteiger partial charge in [0.2, 0.25) is 0 Å². The lowest BCUT2D eigenvalue weighted by atomic mass is 9.99. The van der Waals surface area contributed by atoms with E-state index in [-0.39, 0.29) is 23.7 Å². The van der Waals surface area contributed by atoms with Crippen molar-refractivity contribution in [2.75, 3.05) is 13.2 Å². The number of benzene rings is 1. The average molecular weight is 331 g/mol. The van der Waals surface area contributed by atoms with Gasteiger partial charge in [-0.05, 0) is 38.3 Å². The molecule has 0 bridgehead atoms. The minimum atomic E-state index is -0.200. The van der Waals surface area contributed by atoms with Gasteiger partial charge >= 0.3 is 5.97 Å². The molecule has 1 atom stereocenters. The molecule has 130 valence electrons. The van der Waals surface area contributed by atoms with Crippen LogP contribution in [0.5, 0.6) is 0 Å². The van der Waals surface area contributed by atoms with E-state index >= 15 is 0 Å². The Morgan fingerprint density at radius 3 is 2.21 bits per heavy atom. The van der Waals surface area contributed by atoms with Crippen LogP contribution in [0.25, 0.3) is 0 Å². The number of hydrogen-bond donors (Lipinski definition) is 0. The third kappa shape index (κ3) is 4.02. The molecule has 0 aromatic heterocycles. The molecule has 0 fully saturated rings. The number of amides is 2. The number of carbonyl (C=O) groups excluding carboxylic acids is 3. The predicted molar refractivity (Wildman–Crippen MR) is 90.7 cm³/mol. The van der Waals surface area contributed by atoms with Gasteiger partial charge in [0.1, 0.15) is 0 Å². The number of rotatable bonds is 9. The Kier molecular flexibility index (Phi) is 6.53. The van der Waals surface area contributed by atoms with Gasteiger partial charge in [0.15, 0.2) is 0 Å². The lowest BCUT2D eigenvalue weighted by Crippen LogP contribution is -2.30. The van der Waals surface area contributed by atoms with Gasteiger partial charge in [0.05, 0.1) is 23.7 Å². The summed E-state index contributed by atoms with van der Waals surface area (Å²) in [6, 6.07) is 6.93. The van der Waals surface area contributed by atoms with Crippen molar-refractivity contribution in [1.29, 1.82) is 0 Å². The van der Waals surface area contributed by atoms with Crippen molar-refractivity contribution >= 4 is 17.8 Å². The maximum absolute atomic E-state index is 12.2. The first-order chi connectivity index (χ1) is 11.6. The maximum Gasteiger partial charge on any atom is 0.308 e. The number of hydrogen-bond acceptors (Lipinski definition) is 4. The van der Waals surface area contributed by atoms with Crippen molar-refractivity contribution < 1.29 is 19.1 Å². The molecule has 0 spiro atoms. The van der Waals surface area contributed by atoms with Crippen molar-refractivity contribution in [2.45, 2.75) is 46.0 Å². The molecule has 2 rings (SSSR count). The van der Waals surface area contributed by atoms with Crippen molar-refractivity contribution in [3.8, 4) is 0 Å². The third-order valence-corrected chi connectivity index (χ3v) is 4.43. The molecule has 2 amide bonds. The highest BCUT2D eigenvalue weighted by molar-refractivity contribution is 6.21. The third-order valence-electron chi connectivity index (χ3n) is 4.43. The van der Waals surface area contributed by atoms with Crippen molar-refractivity contribution in [2.24, 2.45) is 5.92 Å². The molecule has 0 aliphatic carbocycles. The lowest BCUT2D eigenvalue weighted by Gasteiger charge is -2.15. The maximum atomic E-state index is 12.2. The molecule has 1 aliphatic rings. The molecule has 0 saturated carbocycles. The first-order valence-corrected chi connectivity index (χ1v) is 8.72. The van der Waals surface area contributed by atoms with Crippen LogP contribution in [0.3, 0.4) is 0 Å². The normalized spacial score (nSPS) is 14.7. The average Bonchev–Trinajstić information content (AvgIpc) is 2.83. The molecule has 1 heterocycles. The van der Waals surface area contributed by atoms with E-state index in [1.807, 2.05) is 13.8 Å². The van der Waals surface area contributed by atoms with E-state index in [1.54, 1.807) is 24.3 Å². The van der Waals surface area contributed by atoms with Crippen molar-refractivity contribution in [1.82, 2.24) is 4.90 Å². The highest BCUT2D eigenvalue weighted by Gasteiger charge is 2.34. The second kappa shape index (κ2) is 8.62. The molecule has 1 aliphatic heterocycles. The summed E-state index contributed by atoms with van der Waals surface area (Å²) in [6.45, 7) is 4.64. The zero-order valence-electron chi connectivity index (χ0n) is 14.4. The second-order valence-electron chi connectivity index (χ2n) is 6.01. The number of carbonyl (C=O) groups is 3. The van der Waals surface area contributed by atoms with Gasteiger partial charge in [-0.1, -0.05) is 31.9 Å². The molecule has 0 radical (unpaired) electrons. The number of fused-ring (bicyclic) bond motifs is 1. The molecular formula is C19H25NO4. The van der Waals surface area contributed by atoms with Crippen LogP contribution < -0.4 is 0 Å². The number of esters is 1. The second-order valence-corrected chi connectivity index (χ2v) is 6.01. The standard InChI is InChI=1S/C19H25NO4/c1-3-14(19(23)24-4-2)10-6-5-9-13-20-17(21)15-11-7-8-12-16(15)18(20)22/h7-8,11-12,14H,3-6,9-10,13H2,1-2H3. The Balaban J connectivity index is 1.75. The molecule has 1 aromatic carbocycles. The van der Waals surface area contributed by atoms with Crippen LogP contribution in [0.1, 0.15) is 66.7 Å². The predicted octanol–water partition coefficient (Wildman–Crippen LogP) is 3.43. The Bertz CT molecular complexity index is 576. The highest BCUT2D eigenvalue weighted by atomic mass is 16.5. The van der Waals surface area contributed by atoms with Gasteiger partial charge in [-0.3, -0.25) is 19.3 Å². The summed E-state index contributed by atoms with van der Waals surface area (Å²) in [5, 5.41) is 0. The molecule has 0 N–H and O–H groups in total. The SMILES string of the molecule is CCOC(=O)C(CC)CCCCCN1C(=O)c2ccccc2C1=O. The van der Waals surface area contributed by atoms with Crippen molar-refractivity contribution in [3.63, 3.8) is 0 Å². The van der Waals surface area contributed by atoms with E-state index in [0.29, 0.717) is 24.3 Å². The van der Waals surface area contributed by atoms with Crippen LogP contribution >= 0.6 is 0 Å².